The summed E-state index contributed by atoms with van der Waals surface area (Å²) in [6.07, 6.45) is 0.328. The lowest BCUT2D eigenvalue weighted by atomic mass is 10.1. The van der Waals surface area contributed by atoms with Crippen molar-refractivity contribution in [2.45, 2.75) is 17.7 Å². The van der Waals surface area contributed by atoms with Gasteiger partial charge >= 0.3 is 0 Å². The number of hydrogen-bond acceptors (Lipinski definition) is 5. The number of rotatable bonds is 4. The third-order valence-corrected chi connectivity index (χ3v) is 7.37. The number of hydrogen-bond donors (Lipinski definition) is 0. The number of piperazine rings is 1. The minimum atomic E-state index is -4.02. The Morgan fingerprint density at radius 1 is 0.812 bits per heavy atom. The van der Waals surface area contributed by atoms with Gasteiger partial charge in [-0.2, -0.15) is 4.31 Å². The van der Waals surface area contributed by atoms with Crippen LogP contribution in [0.3, 0.4) is 0 Å². The fraction of sp³-hybridized carbons (Fsp3) is 0.286. The smallest absolute Gasteiger partial charge is 0.253 e. The zero-order chi connectivity index (χ0) is 23.0. The van der Waals surface area contributed by atoms with Gasteiger partial charge in [0.2, 0.25) is 21.8 Å². The molecule has 0 N–H and O–H groups in total. The third-order valence-electron chi connectivity index (χ3n) is 5.48. The Morgan fingerprint density at radius 2 is 1.41 bits per heavy atom. The average molecular weight is 463 g/mol. The molecule has 0 bridgehead atoms. The van der Waals surface area contributed by atoms with E-state index >= 15 is 0 Å². The lowest BCUT2D eigenvalue weighted by Gasteiger charge is -2.34. The summed E-state index contributed by atoms with van der Waals surface area (Å²) in [7, 11) is -4.02. The topological polar surface area (TPSA) is 95.1 Å². The van der Waals surface area contributed by atoms with Crippen LogP contribution in [0, 0.1) is 11.6 Å². The molecule has 8 nitrogen and oxygen atoms in total. The Kier molecular flexibility index (Phi) is 5.78. The lowest BCUT2D eigenvalue weighted by molar-refractivity contribution is -0.121. The standard InChI is InChI=1S/C21H19F2N3O5S/c22-17-6-5-16(13-18(17)23)32(30,31)25-11-9-24(10-12-25)21(29)14-1-3-15(4-2-14)26-19(27)7-8-20(26)28/h1-6,13H,7-12H2. The molecule has 2 heterocycles. The monoisotopic (exact) mass is 463 g/mol. The molecule has 2 aliphatic rings. The van der Waals surface area contributed by atoms with Crippen LogP contribution in [0.1, 0.15) is 23.2 Å². The van der Waals surface area contributed by atoms with Crippen LogP contribution in [0.5, 0.6) is 0 Å². The molecular weight excluding hydrogens is 444 g/mol. The van der Waals surface area contributed by atoms with E-state index in [-0.39, 0.29) is 61.6 Å². The van der Waals surface area contributed by atoms with Crippen molar-refractivity contribution in [1.82, 2.24) is 9.21 Å². The number of carbonyl (C=O) groups is 3. The summed E-state index contributed by atoms with van der Waals surface area (Å²) in [4.78, 5) is 38.7. The Hall–Kier alpha value is -3.18. The molecule has 3 amide bonds. The van der Waals surface area contributed by atoms with E-state index < -0.39 is 21.7 Å². The fourth-order valence-electron chi connectivity index (χ4n) is 3.72. The van der Waals surface area contributed by atoms with E-state index in [0.29, 0.717) is 17.3 Å². The number of halogens is 2. The van der Waals surface area contributed by atoms with Crippen LogP contribution >= 0.6 is 0 Å². The normalized spacial score (nSPS) is 17.8. The highest BCUT2D eigenvalue weighted by molar-refractivity contribution is 7.89. The summed E-state index contributed by atoms with van der Waals surface area (Å²) in [5, 5.41) is 0. The van der Waals surface area contributed by atoms with Crippen LogP contribution < -0.4 is 4.90 Å². The van der Waals surface area contributed by atoms with Crippen molar-refractivity contribution in [3.8, 4) is 0 Å². The minimum absolute atomic E-state index is 0.00192. The Bertz CT molecular complexity index is 1180. The second-order valence-electron chi connectivity index (χ2n) is 7.44. The number of benzene rings is 2. The zero-order valence-corrected chi connectivity index (χ0v) is 17.6. The number of carbonyl (C=O) groups excluding carboxylic acids is 3. The summed E-state index contributed by atoms with van der Waals surface area (Å²) in [5.74, 6) is -3.27. The minimum Gasteiger partial charge on any atom is -0.336 e. The van der Waals surface area contributed by atoms with Crippen LogP contribution in [-0.2, 0) is 19.6 Å². The molecule has 0 saturated carbocycles. The van der Waals surface area contributed by atoms with Crippen molar-refractivity contribution in [3.05, 3.63) is 59.7 Å². The summed E-state index contributed by atoms with van der Waals surface area (Å²) in [5.41, 5.74) is 0.737. The molecule has 2 saturated heterocycles. The van der Waals surface area contributed by atoms with Crippen LogP contribution in [0.15, 0.2) is 47.4 Å². The SMILES string of the molecule is O=C(c1ccc(N2C(=O)CCC2=O)cc1)N1CCN(S(=O)(=O)c2ccc(F)c(F)c2)CC1. The van der Waals surface area contributed by atoms with Gasteiger partial charge in [-0.1, -0.05) is 0 Å². The third kappa shape index (κ3) is 4.00. The van der Waals surface area contributed by atoms with Crippen LogP contribution in [0.4, 0.5) is 14.5 Å². The summed E-state index contributed by atoms with van der Waals surface area (Å²) in [6, 6.07) is 8.48. The van der Waals surface area contributed by atoms with Gasteiger partial charge in [-0.3, -0.25) is 19.3 Å². The molecule has 2 aromatic rings. The van der Waals surface area contributed by atoms with Gasteiger partial charge < -0.3 is 4.90 Å². The van der Waals surface area contributed by atoms with Gasteiger partial charge in [0.15, 0.2) is 11.6 Å². The molecule has 0 radical (unpaired) electrons. The van der Waals surface area contributed by atoms with Gasteiger partial charge in [0.25, 0.3) is 5.91 Å². The maximum atomic E-state index is 13.5. The first-order valence-corrected chi connectivity index (χ1v) is 11.3. The molecule has 2 aliphatic heterocycles. The molecule has 11 heteroatoms. The van der Waals surface area contributed by atoms with Crippen molar-refractivity contribution >= 4 is 33.4 Å². The highest BCUT2D eigenvalue weighted by Crippen LogP contribution is 2.24. The van der Waals surface area contributed by atoms with E-state index in [1.165, 1.54) is 29.2 Å². The van der Waals surface area contributed by atoms with E-state index in [1.807, 2.05) is 0 Å². The van der Waals surface area contributed by atoms with Gasteiger partial charge in [0, 0.05) is 44.6 Å². The molecule has 0 atom stereocenters. The number of imide groups is 1. The number of amides is 3. The molecule has 2 aromatic carbocycles. The molecule has 4 rings (SSSR count). The van der Waals surface area contributed by atoms with Crippen LogP contribution in [-0.4, -0.2) is 61.5 Å². The maximum absolute atomic E-state index is 13.5. The Morgan fingerprint density at radius 3 is 1.97 bits per heavy atom. The number of anilines is 1. The van der Waals surface area contributed by atoms with Crippen molar-refractivity contribution < 1.29 is 31.6 Å². The number of sulfonamides is 1. The van der Waals surface area contributed by atoms with Gasteiger partial charge in [-0.05, 0) is 42.5 Å². The second-order valence-corrected chi connectivity index (χ2v) is 9.38. The summed E-state index contributed by atoms with van der Waals surface area (Å²) < 4.78 is 53.1. The zero-order valence-electron chi connectivity index (χ0n) is 16.8. The predicted molar refractivity (Wildman–Crippen MR) is 109 cm³/mol. The highest BCUT2D eigenvalue weighted by Gasteiger charge is 2.32. The molecule has 32 heavy (non-hydrogen) atoms. The molecule has 2 fully saturated rings. The summed E-state index contributed by atoms with van der Waals surface area (Å²) in [6.45, 7) is 0.239. The molecule has 0 aromatic heterocycles. The van der Waals surface area contributed by atoms with Crippen molar-refractivity contribution in [2.75, 3.05) is 31.1 Å². The van der Waals surface area contributed by atoms with Gasteiger partial charge in [-0.25, -0.2) is 17.2 Å². The Balaban J connectivity index is 1.41. The van der Waals surface area contributed by atoms with E-state index in [0.717, 1.165) is 21.3 Å². The van der Waals surface area contributed by atoms with Gasteiger partial charge in [-0.15, -0.1) is 0 Å². The van der Waals surface area contributed by atoms with Gasteiger partial charge in [0.1, 0.15) is 0 Å². The van der Waals surface area contributed by atoms with Crippen molar-refractivity contribution in [1.29, 1.82) is 0 Å². The molecule has 0 spiro atoms. The van der Waals surface area contributed by atoms with Crippen molar-refractivity contribution in [3.63, 3.8) is 0 Å². The molecule has 0 aliphatic carbocycles. The fourth-order valence-corrected chi connectivity index (χ4v) is 5.15. The average Bonchev–Trinajstić information content (AvgIpc) is 3.13. The molecule has 0 unspecified atom stereocenters. The first-order chi connectivity index (χ1) is 15.2. The van der Waals surface area contributed by atoms with E-state index in [1.54, 1.807) is 0 Å². The summed E-state index contributed by atoms with van der Waals surface area (Å²) >= 11 is 0. The van der Waals surface area contributed by atoms with Gasteiger partial charge in [0.05, 0.1) is 10.6 Å². The molecule has 168 valence electrons. The number of nitrogens with zero attached hydrogens (tertiary/aromatic N) is 3. The Labute approximate surface area is 183 Å². The predicted octanol–water partition coefficient (Wildman–Crippen LogP) is 1.76. The highest BCUT2D eigenvalue weighted by atomic mass is 32.2. The quantitative estimate of drug-likeness (QED) is 0.644. The van der Waals surface area contributed by atoms with E-state index in [2.05, 4.69) is 0 Å². The maximum Gasteiger partial charge on any atom is 0.253 e. The largest absolute Gasteiger partial charge is 0.336 e. The van der Waals surface area contributed by atoms with E-state index in [9.17, 15) is 31.6 Å². The van der Waals surface area contributed by atoms with Crippen LogP contribution in [0.2, 0.25) is 0 Å². The van der Waals surface area contributed by atoms with Crippen molar-refractivity contribution in [2.24, 2.45) is 0 Å². The van der Waals surface area contributed by atoms with E-state index in [4.69, 9.17) is 0 Å². The second kappa shape index (κ2) is 8.40. The molecular formula is C21H19F2N3O5S. The lowest BCUT2D eigenvalue weighted by Crippen LogP contribution is -2.50. The first-order valence-electron chi connectivity index (χ1n) is 9.89. The first kappa shape index (κ1) is 22.0. The van der Waals surface area contributed by atoms with Crippen LogP contribution in [0.25, 0.3) is 0 Å².